The Balaban J connectivity index is 2.46. The summed E-state index contributed by atoms with van der Waals surface area (Å²) in [5.74, 6) is 0. The van der Waals surface area contributed by atoms with Crippen molar-refractivity contribution in [2.24, 2.45) is 0 Å². The van der Waals surface area contributed by atoms with Crippen LogP contribution in [0.15, 0.2) is 48.5 Å². The van der Waals surface area contributed by atoms with Gasteiger partial charge in [0.2, 0.25) is 0 Å². The molecule has 0 aliphatic carbocycles. The fourth-order valence-corrected chi connectivity index (χ4v) is 1.57. The van der Waals surface area contributed by atoms with Crippen molar-refractivity contribution in [2.75, 3.05) is 0 Å². The van der Waals surface area contributed by atoms with Crippen LogP contribution in [-0.4, -0.2) is 0 Å². The maximum Gasteiger partial charge on any atom is -0.0178 e. The van der Waals surface area contributed by atoms with E-state index < -0.39 is 0 Å². The number of hydrogen-bond acceptors (Lipinski definition) is 0. The second-order valence-corrected chi connectivity index (χ2v) is 3.42. The third-order valence-corrected chi connectivity index (χ3v) is 2.32. The molecule has 0 unspecified atom stereocenters. The minimum Gasteiger partial charge on any atom is -0.0842 e. The Hall–Kier alpha value is -1.56. The van der Waals surface area contributed by atoms with Gasteiger partial charge in [-0.05, 0) is 28.8 Å². The van der Waals surface area contributed by atoms with Gasteiger partial charge >= 0.3 is 0 Å². The Morgan fingerprint density at radius 1 is 1.00 bits per heavy atom. The summed E-state index contributed by atoms with van der Waals surface area (Å²) in [5.41, 5.74) is 1.28. The van der Waals surface area contributed by atoms with Gasteiger partial charge in [0, 0.05) is 0 Å². The standard InChI is InChI=1S/C14H14/c1-2-3-6-12-9-10-13-7-4-5-8-14(13)11-12/h3-11H,2H2,1H3. The van der Waals surface area contributed by atoms with Crippen LogP contribution in [0.5, 0.6) is 0 Å². The molecular formula is C14H14. The van der Waals surface area contributed by atoms with Crippen LogP contribution < -0.4 is 0 Å². The van der Waals surface area contributed by atoms with E-state index in [-0.39, 0.29) is 0 Å². The first-order valence-electron chi connectivity index (χ1n) is 5.05. The quantitative estimate of drug-likeness (QED) is 0.651. The highest BCUT2D eigenvalue weighted by atomic mass is 14.0. The van der Waals surface area contributed by atoms with Crippen LogP contribution in [0.25, 0.3) is 16.8 Å². The van der Waals surface area contributed by atoms with E-state index in [9.17, 15) is 0 Å². The summed E-state index contributed by atoms with van der Waals surface area (Å²) >= 11 is 0. The molecule has 0 fully saturated rings. The molecule has 0 saturated heterocycles. The number of fused-ring (bicyclic) bond motifs is 1. The lowest BCUT2D eigenvalue weighted by Crippen LogP contribution is -1.74. The molecule has 0 spiro atoms. The molecule has 0 N–H and O–H groups in total. The number of benzene rings is 2. The fourth-order valence-electron chi connectivity index (χ4n) is 1.57. The lowest BCUT2D eigenvalue weighted by molar-refractivity contribution is 1.23. The zero-order valence-corrected chi connectivity index (χ0v) is 8.40. The Morgan fingerprint density at radius 3 is 2.57 bits per heavy atom. The van der Waals surface area contributed by atoms with Gasteiger partial charge in [0.25, 0.3) is 0 Å². The van der Waals surface area contributed by atoms with Crippen molar-refractivity contribution in [2.45, 2.75) is 13.3 Å². The maximum atomic E-state index is 2.22. The van der Waals surface area contributed by atoms with Crippen molar-refractivity contribution in [3.63, 3.8) is 0 Å². The minimum atomic E-state index is 1.09. The highest BCUT2D eigenvalue weighted by molar-refractivity contribution is 5.84. The van der Waals surface area contributed by atoms with Gasteiger partial charge in [-0.2, -0.15) is 0 Å². The van der Waals surface area contributed by atoms with Crippen molar-refractivity contribution >= 4 is 16.8 Å². The molecule has 0 saturated carbocycles. The monoisotopic (exact) mass is 182 g/mol. The minimum absolute atomic E-state index is 1.09. The predicted molar refractivity (Wildman–Crippen MR) is 63.3 cm³/mol. The Bertz CT molecular complexity index is 452. The van der Waals surface area contributed by atoms with Gasteiger partial charge in [-0.25, -0.2) is 0 Å². The summed E-state index contributed by atoms with van der Waals surface area (Å²) < 4.78 is 0. The normalized spacial score (nSPS) is 11.2. The topological polar surface area (TPSA) is 0 Å². The first-order valence-corrected chi connectivity index (χ1v) is 5.05. The van der Waals surface area contributed by atoms with E-state index in [1.54, 1.807) is 0 Å². The van der Waals surface area contributed by atoms with E-state index in [0.717, 1.165) is 6.42 Å². The molecule has 0 atom stereocenters. The average molecular weight is 182 g/mol. The van der Waals surface area contributed by atoms with Gasteiger partial charge in [-0.3, -0.25) is 0 Å². The van der Waals surface area contributed by atoms with E-state index in [0.29, 0.717) is 0 Å². The smallest absolute Gasteiger partial charge is 0.0178 e. The number of rotatable bonds is 2. The van der Waals surface area contributed by atoms with Gasteiger partial charge in [0.15, 0.2) is 0 Å². The molecule has 0 bridgehead atoms. The Morgan fingerprint density at radius 2 is 1.79 bits per heavy atom. The van der Waals surface area contributed by atoms with E-state index >= 15 is 0 Å². The Kier molecular flexibility index (Phi) is 2.64. The SMILES string of the molecule is CCC=Cc1ccc2ccccc2c1. The fraction of sp³-hybridized carbons (Fsp3) is 0.143. The van der Waals surface area contributed by atoms with Crippen molar-refractivity contribution in [1.82, 2.24) is 0 Å². The molecule has 2 rings (SSSR count). The number of hydrogen-bond donors (Lipinski definition) is 0. The molecule has 0 heteroatoms. The summed E-state index contributed by atoms with van der Waals surface area (Å²) in [5, 5.41) is 2.62. The zero-order chi connectivity index (χ0) is 9.80. The molecule has 0 radical (unpaired) electrons. The summed E-state index contributed by atoms with van der Waals surface area (Å²) in [6.07, 6.45) is 5.45. The molecule has 0 aromatic heterocycles. The molecule has 0 heterocycles. The first kappa shape index (κ1) is 9.01. The van der Waals surface area contributed by atoms with Crippen LogP contribution in [0.3, 0.4) is 0 Å². The van der Waals surface area contributed by atoms with E-state index in [2.05, 4.69) is 61.5 Å². The van der Waals surface area contributed by atoms with E-state index in [1.165, 1.54) is 16.3 Å². The predicted octanol–water partition coefficient (Wildman–Crippen LogP) is 4.26. The Labute approximate surface area is 84.9 Å². The largest absolute Gasteiger partial charge is 0.0842 e. The van der Waals surface area contributed by atoms with Crippen molar-refractivity contribution < 1.29 is 0 Å². The second kappa shape index (κ2) is 4.10. The van der Waals surface area contributed by atoms with Gasteiger partial charge in [0.05, 0.1) is 0 Å². The molecule has 2 aromatic rings. The van der Waals surface area contributed by atoms with Crippen molar-refractivity contribution in [3.05, 3.63) is 54.1 Å². The van der Waals surface area contributed by atoms with Crippen LogP contribution in [0.1, 0.15) is 18.9 Å². The lowest BCUT2D eigenvalue weighted by atomic mass is 10.1. The third-order valence-electron chi connectivity index (χ3n) is 2.32. The van der Waals surface area contributed by atoms with Gasteiger partial charge in [0.1, 0.15) is 0 Å². The average Bonchev–Trinajstić information content (AvgIpc) is 2.26. The zero-order valence-electron chi connectivity index (χ0n) is 8.40. The third kappa shape index (κ3) is 1.85. The summed E-state index contributed by atoms with van der Waals surface area (Å²) in [4.78, 5) is 0. The van der Waals surface area contributed by atoms with Gasteiger partial charge < -0.3 is 0 Å². The molecule has 0 amide bonds. The van der Waals surface area contributed by atoms with Gasteiger partial charge in [-0.1, -0.05) is 55.5 Å². The van der Waals surface area contributed by atoms with Gasteiger partial charge in [-0.15, -0.1) is 0 Å². The van der Waals surface area contributed by atoms with Crippen molar-refractivity contribution in [1.29, 1.82) is 0 Å². The molecule has 70 valence electrons. The van der Waals surface area contributed by atoms with Crippen LogP contribution in [0.4, 0.5) is 0 Å². The van der Waals surface area contributed by atoms with Crippen LogP contribution in [-0.2, 0) is 0 Å². The highest BCUT2D eigenvalue weighted by Gasteiger charge is 1.91. The van der Waals surface area contributed by atoms with Crippen molar-refractivity contribution in [3.8, 4) is 0 Å². The highest BCUT2D eigenvalue weighted by Crippen LogP contribution is 2.16. The molecule has 0 aliphatic rings. The summed E-state index contributed by atoms with van der Waals surface area (Å²) in [6.45, 7) is 2.15. The van der Waals surface area contributed by atoms with Crippen LogP contribution in [0, 0.1) is 0 Å². The lowest BCUT2D eigenvalue weighted by Gasteiger charge is -1.98. The molecule has 0 nitrogen and oxygen atoms in total. The maximum absolute atomic E-state index is 2.22. The van der Waals surface area contributed by atoms with Crippen LogP contribution in [0.2, 0.25) is 0 Å². The molecular weight excluding hydrogens is 168 g/mol. The first-order chi connectivity index (χ1) is 6.90. The number of allylic oxidation sites excluding steroid dienone is 1. The summed E-state index contributed by atoms with van der Waals surface area (Å²) in [7, 11) is 0. The van der Waals surface area contributed by atoms with E-state index in [1.807, 2.05) is 0 Å². The summed E-state index contributed by atoms with van der Waals surface area (Å²) in [6, 6.07) is 15.0. The second-order valence-electron chi connectivity index (χ2n) is 3.42. The van der Waals surface area contributed by atoms with E-state index in [4.69, 9.17) is 0 Å². The molecule has 2 aromatic carbocycles. The molecule has 0 aliphatic heterocycles. The molecule has 14 heavy (non-hydrogen) atoms. The van der Waals surface area contributed by atoms with Crippen LogP contribution >= 0.6 is 0 Å².